The first-order chi connectivity index (χ1) is 13.1. The number of nitrogens with zero attached hydrogens (tertiary/aromatic N) is 3. The molecule has 2 unspecified atom stereocenters. The maximum absolute atomic E-state index is 11.3. The number of likely N-dealkylation sites (tertiary alicyclic amines) is 1. The summed E-state index contributed by atoms with van der Waals surface area (Å²) in [5, 5.41) is 3.64. The van der Waals surface area contributed by atoms with Gasteiger partial charge in [-0.2, -0.15) is 0 Å². The average molecular weight is 509 g/mol. The lowest BCUT2D eigenvalue weighted by molar-refractivity contribution is -0.119. The Hall–Kier alpha value is -0.610. The summed E-state index contributed by atoms with van der Waals surface area (Å²) in [7, 11) is 1.85. The molecule has 0 bridgehead atoms. The molecule has 1 amide bonds. The molecule has 2 fully saturated rings. The molecule has 2 aliphatic rings. The maximum Gasteiger partial charge on any atom is 0.217 e. The molecule has 2 rings (SSSR count). The van der Waals surface area contributed by atoms with Gasteiger partial charge in [0.15, 0.2) is 5.96 Å². The Labute approximate surface area is 187 Å². The smallest absolute Gasteiger partial charge is 0.217 e. The first-order valence-corrected chi connectivity index (χ1v) is 10.6. The zero-order chi connectivity index (χ0) is 19.6. The number of aliphatic imine (C=N–C) groups is 1. The van der Waals surface area contributed by atoms with Crippen molar-refractivity contribution in [3.8, 4) is 0 Å². The predicted octanol–water partition coefficient (Wildman–Crippen LogP) is 1.90. The SMILES string of the molecule is CCC(CC)C(CNC(=NC)N1CCCC(CC(N)=O)C1)N1CCOCC1.I. The fourth-order valence-corrected chi connectivity index (χ4v) is 4.57. The highest BCUT2D eigenvalue weighted by Crippen LogP contribution is 2.21. The number of carbonyl (C=O) groups excluding carboxylic acids is 1. The van der Waals surface area contributed by atoms with Gasteiger partial charge in [-0.15, -0.1) is 24.0 Å². The van der Waals surface area contributed by atoms with Gasteiger partial charge in [0.05, 0.1) is 13.2 Å². The van der Waals surface area contributed by atoms with Gasteiger partial charge >= 0.3 is 0 Å². The van der Waals surface area contributed by atoms with Crippen LogP contribution < -0.4 is 11.1 Å². The number of hydrogen-bond acceptors (Lipinski definition) is 4. The Morgan fingerprint density at radius 1 is 1.25 bits per heavy atom. The summed E-state index contributed by atoms with van der Waals surface area (Å²) in [6.45, 7) is 11.0. The number of rotatable bonds is 8. The topological polar surface area (TPSA) is 83.2 Å². The van der Waals surface area contributed by atoms with E-state index in [-0.39, 0.29) is 29.9 Å². The van der Waals surface area contributed by atoms with E-state index >= 15 is 0 Å². The van der Waals surface area contributed by atoms with Gasteiger partial charge in [-0.1, -0.05) is 26.7 Å². The van der Waals surface area contributed by atoms with Gasteiger partial charge < -0.3 is 20.7 Å². The molecule has 2 atom stereocenters. The molecule has 164 valence electrons. The Morgan fingerprint density at radius 2 is 1.93 bits per heavy atom. The Bertz CT molecular complexity index is 481. The molecular formula is C20H40IN5O2. The highest BCUT2D eigenvalue weighted by Gasteiger charge is 2.28. The van der Waals surface area contributed by atoms with Crippen LogP contribution in [0.15, 0.2) is 4.99 Å². The maximum atomic E-state index is 11.3. The quantitative estimate of drug-likeness (QED) is 0.297. The lowest BCUT2D eigenvalue weighted by Crippen LogP contribution is -2.54. The summed E-state index contributed by atoms with van der Waals surface area (Å²) < 4.78 is 5.55. The lowest BCUT2D eigenvalue weighted by Gasteiger charge is -2.40. The molecule has 0 spiro atoms. The largest absolute Gasteiger partial charge is 0.379 e. The Balaban J connectivity index is 0.00000392. The minimum Gasteiger partial charge on any atom is -0.379 e. The van der Waals surface area contributed by atoms with E-state index in [0.29, 0.717) is 24.3 Å². The van der Waals surface area contributed by atoms with Crippen molar-refractivity contribution in [3.63, 3.8) is 0 Å². The highest BCUT2D eigenvalue weighted by molar-refractivity contribution is 14.0. The van der Waals surface area contributed by atoms with Crippen molar-refractivity contribution in [1.82, 2.24) is 15.1 Å². The van der Waals surface area contributed by atoms with Gasteiger partial charge in [-0.05, 0) is 24.7 Å². The Morgan fingerprint density at radius 3 is 2.50 bits per heavy atom. The standard InChI is InChI=1S/C20H39N5O2.HI/c1-4-17(5-2)18(24-9-11-27-12-10-24)14-23-20(22-3)25-8-6-7-16(15-25)13-19(21)26;/h16-18H,4-15H2,1-3H3,(H2,21,26)(H,22,23);1H. The van der Waals surface area contributed by atoms with Crippen molar-refractivity contribution >= 4 is 35.8 Å². The second-order valence-electron chi connectivity index (χ2n) is 7.85. The molecule has 0 saturated carbocycles. The number of guanidine groups is 1. The van der Waals surface area contributed by atoms with Crippen LogP contribution >= 0.6 is 24.0 Å². The van der Waals surface area contributed by atoms with E-state index in [0.717, 1.165) is 64.7 Å². The third-order valence-electron chi connectivity index (χ3n) is 6.10. The summed E-state index contributed by atoms with van der Waals surface area (Å²) in [6, 6.07) is 0.492. The molecule has 8 heteroatoms. The third-order valence-corrected chi connectivity index (χ3v) is 6.10. The first kappa shape index (κ1) is 25.4. The molecule has 0 aromatic rings. The first-order valence-electron chi connectivity index (χ1n) is 10.6. The summed E-state index contributed by atoms with van der Waals surface area (Å²) in [5.74, 6) is 1.75. The van der Waals surface area contributed by atoms with Gasteiger partial charge in [-0.25, -0.2) is 0 Å². The molecule has 0 aromatic carbocycles. The minimum atomic E-state index is -0.203. The zero-order valence-corrected chi connectivity index (χ0v) is 20.2. The van der Waals surface area contributed by atoms with E-state index in [1.165, 1.54) is 12.8 Å². The van der Waals surface area contributed by atoms with Crippen LogP contribution in [0.1, 0.15) is 46.0 Å². The number of hydrogen-bond donors (Lipinski definition) is 2. The third kappa shape index (κ3) is 7.67. The van der Waals surface area contributed by atoms with E-state index in [1.807, 2.05) is 7.05 Å². The number of piperidine rings is 1. The fourth-order valence-electron chi connectivity index (χ4n) is 4.57. The molecule has 0 radical (unpaired) electrons. The number of morpholine rings is 1. The monoisotopic (exact) mass is 509 g/mol. The molecule has 28 heavy (non-hydrogen) atoms. The summed E-state index contributed by atoms with van der Waals surface area (Å²) >= 11 is 0. The molecule has 3 N–H and O–H groups in total. The number of amides is 1. The molecule has 2 heterocycles. The fraction of sp³-hybridized carbons (Fsp3) is 0.900. The van der Waals surface area contributed by atoms with Crippen LogP contribution in [0.2, 0.25) is 0 Å². The van der Waals surface area contributed by atoms with Gasteiger partial charge in [-0.3, -0.25) is 14.7 Å². The van der Waals surface area contributed by atoms with Crippen LogP contribution in [-0.4, -0.2) is 80.7 Å². The number of nitrogens with one attached hydrogen (secondary N) is 1. The Kier molecular flexibility index (Phi) is 12.3. The van der Waals surface area contributed by atoms with E-state index in [2.05, 4.69) is 34.0 Å². The van der Waals surface area contributed by atoms with Crippen molar-refractivity contribution in [2.75, 3.05) is 53.0 Å². The molecule has 2 aliphatic heterocycles. The number of primary amides is 1. The number of halogens is 1. The summed E-state index contributed by atoms with van der Waals surface area (Å²) in [6.07, 6.45) is 4.99. The van der Waals surface area contributed by atoms with Crippen molar-refractivity contribution in [1.29, 1.82) is 0 Å². The number of carbonyl (C=O) groups is 1. The number of ether oxygens (including phenoxy) is 1. The summed E-state index contributed by atoms with van der Waals surface area (Å²) in [5.41, 5.74) is 5.40. The van der Waals surface area contributed by atoms with Crippen LogP contribution in [0.5, 0.6) is 0 Å². The van der Waals surface area contributed by atoms with E-state index in [1.54, 1.807) is 0 Å². The van der Waals surface area contributed by atoms with Crippen LogP contribution in [0.3, 0.4) is 0 Å². The molecule has 7 nitrogen and oxygen atoms in total. The second kappa shape index (κ2) is 13.6. The highest BCUT2D eigenvalue weighted by atomic mass is 127. The normalized spacial score (nSPS) is 22.6. The van der Waals surface area contributed by atoms with Crippen molar-refractivity contribution < 1.29 is 9.53 Å². The molecule has 0 aliphatic carbocycles. The molecular weight excluding hydrogens is 469 g/mol. The van der Waals surface area contributed by atoms with E-state index < -0.39 is 0 Å². The molecule has 0 aromatic heterocycles. The van der Waals surface area contributed by atoms with Gasteiger partial charge in [0.2, 0.25) is 5.91 Å². The number of nitrogens with two attached hydrogens (primary N) is 1. The minimum absolute atomic E-state index is 0. The summed E-state index contributed by atoms with van der Waals surface area (Å²) in [4.78, 5) is 20.7. The zero-order valence-electron chi connectivity index (χ0n) is 17.9. The van der Waals surface area contributed by atoms with E-state index in [4.69, 9.17) is 10.5 Å². The predicted molar refractivity (Wildman–Crippen MR) is 125 cm³/mol. The van der Waals surface area contributed by atoms with Gasteiger partial charge in [0, 0.05) is 52.2 Å². The van der Waals surface area contributed by atoms with Crippen molar-refractivity contribution in [3.05, 3.63) is 0 Å². The van der Waals surface area contributed by atoms with Gasteiger partial charge in [0.1, 0.15) is 0 Å². The van der Waals surface area contributed by atoms with E-state index in [9.17, 15) is 4.79 Å². The van der Waals surface area contributed by atoms with Crippen LogP contribution in [0, 0.1) is 11.8 Å². The van der Waals surface area contributed by atoms with Crippen LogP contribution in [0.25, 0.3) is 0 Å². The van der Waals surface area contributed by atoms with Crippen LogP contribution in [-0.2, 0) is 9.53 Å². The van der Waals surface area contributed by atoms with Gasteiger partial charge in [0.25, 0.3) is 0 Å². The van der Waals surface area contributed by atoms with Crippen molar-refractivity contribution in [2.24, 2.45) is 22.6 Å². The average Bonchev–Trinajstić information content (AvgIpc) is 2.68. The molecule has 2 saturated heterocycles. The second-order valence-corrected chi connectivity index (χ2v) is 7.85. The lowest BCUT2D eigenvalue weighted by atomic mass is 9.92. The van der Waals surface area contributed by atoms with Crippen molar-refractivity contribution in [2.45, 2.75) is 52.0 Å². The van der Waals surface area contributed by atoms with Crippen LogP contribution in [0.4, 0.5) is 0 Å².